The summed E-state index contributed by atoms with van der Waals surface area (Å²) >= 11 is 0. The molecule has 6 nitrogen and oxygen atoms in total. The minimum absolute atomic E-state index is 0.0452. The number of nitrogens with zero attached hydrogens (tertiary/aromatic N) is 2. The third-order valence-corrected chi connectivity index (χ3v) is 3.63. The topological polar surface area (TPSA) is 78.4 Å². The van der Waals surface area contributed by atoms with Crippen LogP contribution in [0, 0.1) is 12.7 Å². The van der Waals surface area contributed by atoms with Crippen molar-refractivity contribution >= 4 is 17.6 Å². The molecule has 0 aliphatic carbocycles. The lowest BCUT2D eigenvalue weighted by molar-refractivity contribution is -0.115. The number of carbonyl (C=O) groups is 1. The molecule has 1 heterocycles. The molecule has 3 N–H and O–H groups in total. The van der Waals surface area contributed by atoms with Crippen LogP contribution in [-0.4, -0.2) is 30.4 Å². The molecule has 0 saturated heterocycles. The van der Waals surface area contributed by atoms with E-state index in [1.54, 1.807) is 44.6 Å². The number of aromatic nitrogens is 1. The van der Waals surface area contributed by atoms with Gasteiger partial charge in [-0.25, -0.2) is 4.39 Å². The van der Waals surface area contributed by atoms with E-state index in [0.717, 1.165) is 5.56 Å². The molecular weight excluding hydrogens is 321 g/mol. The van der Waals surface area contributed by atoms with Crippen molar-refractivity contribution in [1.82, 2.24) is 15.6 Å². The molecule has 132 valence electrons. The fourth-order valence-electron chi connectivity index (χ4n) is 2.17. The first-order chi connectivity index (χ1) is 12.0. The monoisotopic (exact) mass is 343 g/mol. The Labute approximate surface area is 146 Å². The van der Waals surface area contributed by atoms with Crippen LogP contribution in [0.4, 0.5) is 10.1 Å². The molecule has 7 heteroatoms. The SMILES string of the molecule is CN=C(NCC(=O)Nc1cccnc1)NC(C)c1ccc(C)c(F)c1. The van der Waals surface area contributed by atoms with Crippen molar-refractivity contribution in [1.29, 1.82) is 0 Å². The molecular formula is C18H22FN5O. The van der Waals surface area contributed by atoms with Gasteiger partial charge in [-0.1, -0.05) is 12.1 Å². The lowest BCUT2D eigenvalue weighted by Gasteiger charge is -2.18. The Hall–Kier alpha value is -2.96. The first-order valence-corrected chi connectivity index (χ1v) is 7.92. The molecule has 0 aliphatic heterocycles. The van der Waals surface area contributed by atoms with Crippen molar-refractivity contribution in [2.75, 3.05) is 18.9 Å². The second kappa shape index (κ2) is 8.77. The number of rotatable bonds is 5. The summed E-state index contributed by atoms with van der Waals surface area (Å²) in [4.78, 5) is 20.0. The van der Waals surface area contributed by atoms with Crippen molar-refractivity contribution in [2.45, 2.75) is 19.9 Å². The summed E-state index contributed by atoms with van der Waals surface area (Å²) < 4.78 is 13.7. The smallest absolute Gasteiger partial charge is 0.243 e. The van der Waals surface area contributed by atoms with E-state index in [1.807, 2.05) is 13.0 Å². The van der Waals surface area contributed by atoms with Crippen molar-refractivity contribution in [3.63, 3.8) is 0 Å². The number of pyridine rings is 1. The molecule has 1 atom stereocenters. The second-order valence-electron chi connectivity index (χ2n) is 5.59. The third kappa shape index (κ3) is 5.56. The van der Waals surface area contributed by atoms with E-state index in [-0.39, 0.29) is 24.3 Å². The molecule has 25 heavy (non-hydrogen) atoms. The molecule has 0 aliphatic rings. The number of guanidine groups is 1. The number of halogens is 1. The number of hydrogen-bond acceptors (Lipinski definition) is 3. The van der Waals surface area contributed by atoms with Gasteiger partial charge in [0.2, 0.25) is 5.91 Å². The molecule has 1 unspecified atom stereocenters. The standard InChI is InChI=1S/C18H22FN5O/c1-12-6-7-14(9-16(12)19)13(2)23-18(20-3)22-11-17(25)24-15-5-4-8-21-10-15/h4-10,13H,11H2,1-3H3,(H,24,25)(H2,20,22,23). The highest BCUT2D eigenvalue weighted by Gasteiger charge is 2.11. The van der Waals surface area contributed by atoms with Gasteiger partial charge in [-0.05, 0) is 43.2 Å². The molecule has 0 bridgehead atoms. The maximum Gasteiger partial charge on any atom is 0.243 e. The van der Waals surface area contributed by atoms with E-state index in [0.29, 0.717) is 17.2 Å². The van der Waals surface area contributed by atoms with Crippen molar-refractivity contribution in [3.05, 3.63) is 59.7 Å². The first-order valence-electron chi connectivity index (χ1n) is 7.92. The second-order valence-corrected chi connectivity index (χ2v) is 5.59. The zero-order valence-electron chi connectivity index (χ0n) is 14.5. The summed E-state index contributed by atoms with van der Waals surface area (Å²) in [6, 6.07) is 8.43. The predicted octanol–water partition coefficient (Wildman–Crippen LogP) is 2.39. The van der Waals surface area contributed by atoms with Crippen LogP contribution < -0.4 is 16.0 Å². The number of amides is 1. The lowest BCUT2D eigenvalue weighted by atomic mass is 10.1. The summed E-state index contributed by atoms with van der Waals surface area (Å²) in [6.07, 6.45) is 3.20. The normalized spacial score (nSPS) is 12.4. The number of benzene rings is 1. The van der Waals surface area contributed by atoms with Crippen LogP contribution >= 0.6 is 0 Å². The molecule has 0 saturated carbocycles. The van der Waals surface area contributed by atoms with Gasteiger partial charge in [-0.2, -0.15) is 0 Å². The summed E-state index contributed by atoms with van der Waals surface area (Å²) in [5.74, 6) is -0.00949. The van der Waals surface area contributed by atoms with E-state index in [9.17, 15) is 9.18 Å². The molecule has 1 aromatic heterocycles. The average molecular weight is 343 g/mol. The highest BCUT2D eigenvalue weighted by molar-refractivity contribution is 5.94. The van der Waals surface area contributed by atoms with Crippen LogP contribution in [0.3, 0.4) is 0 Å². The van der Waals surface area contributed by atoms with E-state index in [4.69, 9.17) is 0 Å². The van der Waals surface area contributed by atoms with Gasteiger partial charge in [0.05, 0.1) is 24.5 Å². The Morgan fingerprint density at radius 2 is 2.16 bits per heavy atom. The number of carbonyl (C=O) groups excluding carboxylic acids is 1. The zero-order chi connectivity index (χ0) is 18.2. The molecule has 0 fully saturated rings. The fraction of sp³-hybridized carbons (Fsp3) is 0.278. The van der Waals surface area contributed by atoms with Crippen LogP contribution in [0.1, 0.15) is 24.1 Å². The highest BCUT2D eigenvalue weighted by atomic mass is 19.1. The van der Waals surface area contributed by atoms with Gasteiger partial charge in [-0.15, -0.1) is 0 Å². The Morgan fingerprint density at radius 1 is 1.36 bits per heavy atom. The minimum atomic E-state index is -0.245. The number of aliphatic imine (C=N–C) groups is 1. The first kappa shape index (κ1) is 18.4. The Bertz CT molecular complexity index is 748. The number of aryl methyl sites for hydroxylation is 1. The zero-order valence-corrected chi connectivity index (χ0v) is 14.5. The average Bonchev–Trinajstić information content (AvgIpc) is 2.61. The fourth-order valence-corrected chi connectivity index (χ4v) is 2.17. The molecule has 0 spiro atoms. The van der Waals surface area contributed by atoms with Gasteiger partial charge in [0, 0.05) is 13.2 Å². The van der Waals surface area contributed by atoms with E-state index >= 15 is 0 Å². The third-order valence-electron chi connectivity index (χ3n) is 3.63. The van der Waals surface area contributed by atoms with Crippen LogP contribution in [0.5, 0.6) is 0 Å². The van der Waals surface area contributed by atoms with Crippen molar-refractivity contribution in [3.8, 4) is 0 Å². The Morgan fingerprint density at radius 3 is 2.80 bits per heavy atom. The maximum absolute atomic E-state index is 13.7. The number of anilines is 1. The molecule has 2 rings (SSSR count). The maximum atomic E-state index is 13.7. The summed E-state index contributed by atoms with van der Waals surface area (Å²) in [5.41, 5.74) is 2.03. The summed E-state index contributed by atoms with van der Waals surface area (Å²) in [6.45, 7) is 3.66. The number of hydrogen-bond donors (Lipinski definition) is 3. The largest absolute Gasteiger partial charge is 0.350 e. The van der Waals surface area contributed by atoms with Crippen molar-refractivity contribution < 1.29 is 9.18 Å². The van der Waals surface area contributed by atoms with Crippen LogP contribution in [0.15, 0.2) is 47.7 Å². The van der Waals surface area contributed by atoms with Gasteiger partial charge in [-0.3, -0.25) is 14.8 Å². The van der Waals surface area contributed by atoms with Crippen LogP contribution in [0.25, 0.3) is 0 Å². The highest BCUT2D eigenvalue weighted by Crippen LogP contribution is 2.16. The number of nitrogens with one attached hydrogen (secondary N) is 3. The van der Waals surface area contributed by atoms with Crippen LogP contribution in [-0.2, 0) is 4.79 Å². The van der Waals surface area contributed by atoms with E-state index in [1.165, 1.54) is 6.07 Å². The van der Waals surface area contributed by atoms with Crippen LogP contribution in [0.2, 0.25) is 0 Å². The molecule has 0 radical (unpaired) electrons. The molecule has 1 aromatic carbocycles. The minimum Gasteiger partial charge on any atom is -0.350 e. The van der Waals surface area contributed by atoms with Gasteiger partial charge in [0.15, 0.2) is 5.96 Å². The van der Waals surface area contributed by atoms with Gasteiger partial charge in [0.1, 0.15) is 5.82 Å². The summed E-state index contributed by atoms with van der Waals surface area (Å²) in [5, 5.41) is 8.78. The van der Waals surface area contributed by atoms with E-state index < -0.39 is 0 Å². The molecule has 2 aromatic rings. The van der Waals surface area contributed by atoms with E-state index in [2.05, 4.69) is 25.9 Å². The van der Waals surface area contributed by atoms with Gasteiger partial charge >= 0.3 is 0 Å². The van der Waals surface area contributed by atoms with Gasteiger partial charge < -0.3 is 16.0 Å². The van der Waals surface area contributed by atoms with Gasteiger partial charge in [0.25, 0.3) is 0 Å². The quantitative estimate of drug-likeness (QED) is 0.575. The Balaban J connectivity index is 1.87. The van der Waals surface area contributed by atoms with Crippen molar-refractivity contribution in [2.24, 2.45) is 4.99 Å². The molecule has 1 amide bonds. The predicted molar refractivity (Wildman–Crippen MR) is 96.9 cm³/mol. The Kier molecular flexibility index (Phi) is 6.45. The summed E-state index contributed by atoms with van der Waals surface area (Å²) in [7, 11) is 1.61. The lowest BCUT2D eigenvalue weighted by Crippen LogP contribution is -2.42.